The van der Waals surface area contributed by atoms with Crippen molar-refractivity contribution in [3.05, 3.63) is 164 Å². The Hall–Kier alpha value is -5.99. The molecule has 72 heavy (non-hydrogen) atoms. The largest absolute Gasteiger partial charge is 0.508 e. The van der Waals surface area contributed by atoms with Crippen LogP contribution >= 0.6 is 0 Å². The molecule has 4 aromatic carbocycles. The Labute approximate surface area is 420 Å². The van der Waals surface area contributed by atoms with Crippen molar-refractivity contribution in [2.75, 3.05) is 53.4 Å². The van der Waals surface area contributed by atoms with Crippen LogP contribution in [-0.4, -0.2) is 80.9 Å². The van der Waals surface area contributed by atoms with Crippen LogP contribution in [0.15, 0.2) is 119 Å². The summed E-state index contributed by atoms with van der Waals surface area (Å²) in [5, 5.41) is 34.9. The quantitative estimate of drug-likeness (QED) is 0.0478. The highest BCUT2D eigenvalue weighted by atomic mass is 19.1. The predicted octanol–water partition coefficient (Wildman–Crippen LogP) is 10.5. The number of phenolic OH excluding ortho intramolecular Hbond substituents is 2. The molecule has 0 spiro atoms. The predicted molar refractivity (Wildman–Crippen MR) is 274 cm³/mol. The van der Waals surface area contributed by atoms with Crippen molar-refractivity contribution in [1.29, 1.82) is 0 Å². The van der Waals surface area contributed by atoms with Gasteiger partial charge in [0.15, 0.2) is 17.3 Å². The van der Waals surface area contributed by atoms with Gasteiger partial charge in [-0.05, 0) is 212 Å². The fraction of sp³-hybridized carbons (Fsp3) is 0.407. The molecule has 2 aliphatic carbocycles. The van der Waals surface area contributed by atoms with Gasteiger partial charge in [0.05, 0.1) is 10.8 Å². The number of halogens is 4. The van der Waals surface area contributed by atoms with E-state index in [0.717, 1.165) is 0 Å². The first-order valence-electron chi connectivity index (χ1n) is 25.2. The highest BCUT2D eigenvalue weighted by Gasteiger charge is 2.67. The second-order valence-corrected chi connectivity index (χ2v) is 20.2. The smallest absolute Gasteiger partial charge is 0.190 e. The molecule has 0 radical (unpaired) electrons. The van der Waals surface area contributed by atoms with E-state index < -0.39 is 75.1 Å². The van der Waals surface area contributed by atoms with Gasteiger partial charge >= 0.3 is 0 Å². The van der Waals surface area contributed by atoms with Crippen LogP contribution < -0.4 is 21.3 Å². The minimum absolute atomic E-state index is 0.0335. The molecule has 2 aliphatic heterocycles. The number of piperidine rings is 2. The fourth-order valence-corrected chi connectivity index (χ4v) is 12.8. The zero-order valence-electron chi connectivity index (χ0n) is 42.0. The molecule has 0 aromatic heterocycles. The van der Waals surface area contributed by atoms with Gasteiger partial charge in [-0.1, -0.05) is 48.5 Å². The minimum atomic E-state index is -2.32. The molecule has 2 unspecified atom stereocenters. The first-order valence-corrected chi connectivity index (χ1v) is 25.2. The zero-order chi connectivity index (χ0) is 51.6. The van der Waals surface area contributed by atoms with Crippen molar-refractivity contribution >= 4 is 28.5 Å². The van der Waals surface area contributed by atoms with Crippen molar-refractivity contribution in [2.45, 2.75) is 66.2 Å². The third-order valence-electron chi connectivity index (χ3n) is 16.2. The van der Waals surface area contributed by atoms with E-state index in [1.54, 1.807) is 40.1 Å². The Morgan fingerprint density at radius 1 is 0.597 bits per heavy atom. The minimum Gasteiger partial charge on any atom is -0.508 e. The Bertz CT molecular complexity index is 2720. The summed E-state index contributed by atoms with van der Waals surface area (Å²) in [7, 11) is 3.34. The molecular formula is C59H66F4N4O5. The van der Waals surface area contributed by atoms with E-state index in [9.17, 15) is 10.2 Å². The number of aromatic hydroxyl groups is 2. The van der Waals surface area contributed by atoms with Crippen LogP contribution in [-0.2, 0) is 4.79 Å². The lowest BCUT2D eigenvalue weighted by molar-refractivity contribution is -0.146. The molecular weight excluding hydrogens is 921 g/mol. The summed E-state index contributed by atoms with van der Waals surface area (Å²) in [6, 6.07) is 20.4. The number of ketones is 3. The highest BCUT2D eigenvalue weighted by Crippen LogP contribution is 2.66. The maximum Gasteiger partial charge on any atom is 0.190 e. The first kappa shape index (κ1) is 52.3. The van der Waals surface area contributed by atoms with Gasteiger partial charge in [0.25, 0.3) is 0 Å². The molecule has 6 atom stereocenters. The standard InChI is InChI=1S/C59H66F4N4O5/c1-33-43(19-9-21-45(33)60)47-35(3)55(62)58(23-27-64-5,51(39-15-11-25-66-31-39)49(47)53(70)37-13-7-17-41(68)29-37)57(72)59(24-28-65-6)52(40-16-12-26-67-32-40)50(54(71)38-14-8-18-42(69)30-38)48(36(4)56(59)63)44-20-10-22-46(61)34(44)2/h7-10,13-14,17-22,29-30,39-40,51-52,64-69H,11-12,15-16,23-28,31-32H2,1-6H3/t39?,40?,51-,52-,58+,59+/m0/s1. The SMILES string of the molecule is CNCC[C@]1(C(=O)[C@@]2(CCNC)C(F)=C(C)C(c3cccc(F)c3C)=C(C(=O)c3cccc(O)c3)[C@@H]2C2CCCNC2)C(F)=C(C)C(c2cccc(F)c2C)=C(C(=O)c2cccc(O)c2)[C@@H]1C1CCCNC1. The van der Waals surface area contributed by atoms with E-state index in [1.165, 1.54) is 86.6 Å². The number of hydrogen-bond donors (Lipinski definition) is 6. The van der Waals surface area contributed by atoms with Crippen LogP contribution in [0.1, 0.15) is 95.3 Å². The number of rotatable bonds is 16. The van der Waals surface area contributed by atoms with E-state index in [-0.39, 0.29) is 117 Å². The normalized spacial score (nSPS) is 25.0. The third-order valence-corrected chi connectivity index (χ3v) is 16.2. The van der Waals surface area contributed by atoms with Crippen LogP contribution in [0.25, 0.3) is 11.1 Å². The van der Waals surface area contributed by atoms with E-state index in [1.807, 2.05) is 0 Å². The highest BCUT2D eigenvalue weighted by molar-refractivity contribution is 6.19. The molecule has 8 rings (SSSR count). The van der Waals surface area contributed by atoms with Gasteiger partial charge in [-0.25, -0.2) is 17.6 Å². The Morgan fingerprint density at radius 2 is 0.986 bits per heavy atom. The maximum absolute atomic E-state index is 19.6. The molecule has 9 nitrogen and oxygen atoms in total. The van der Waals surface area contributed by atoms with Crippen LogP contribution in [0.5, 0.6) is 11.5 Å². The summed E-state index contributed by atoms with van der Waals surface area (Å²) in [4.78, 5) is 49.6. The second kappa shape index (κ2) is 21.6. The summed E-state index contributed by atoms with van der Waals surface area (Å²) in [6.45, 7) is 7.88. The molecule has 6 N–H and O–H groups in total. The van der Waals surface area contributed by atoms with Gasteiger partial charge in [-0.15, -0.1) is 0 Å². The Balaban J connectivity index is 1.54. The summed E-state index contributed by atoms with van der Waals surface area (Å²) < 4.78 is 71.0. The van der Waals surface area contributed by atoms with Crippen LogP contribution in [0, 0.1) is 60.0 Å². The second-order valence-electron chi connectivity index (χ2n) is 20.2. The van der Waals surface area contributed by atoms with E-state index in [0.29, 0.717) is 38.8 Å². The van der Waals surface area contributed by atoms with Crippen molar-refractivity contribution in [3.8, 4) is 11.5 Å². The third kappa shape index (κ3) is 9.00. The molecule has 4 aliphatic rings. The number of carbonyl (C=O) groups excluding carboxylic acids is 3. The number of carbonyl (C=O) groups is 3. The monoisotopic (exact) mass is 986 g/mol. The van der Waals surface area contributed by atoms with Crippen LogP contribution in [0.3, 0.4) is 0 Å². The van der Waals surface area contributed by atoms with Crippen molar-refractivity contribution in [2.24, 2.45) is 34.5 Å². The molecule has 380 valence electrons. The number of Topliss-reactive ketones (excluding diaryl/α,β-unsaturated/α-hetero) is 3. The average molecular weight is 987 g/mol. The van der Waals surface area contributed by atoms with Crippen LogP contribution in [0.2, 0.25) is 0 Å². The lowest BCUT2D eigenvalue weighted by atomic mass is 9.46. The summed E-state index contributed by atoms with van der Waals surface area (Å²) in [5.74, 6) is -9.26. The number of phenols is 2. The molecule has 2 heterocycles. The number of nitrogens with one attached hydrogen (secondary N) is 4. The van der Waals surface area contributed by atoms with Gasteiger partial charge < -0.3 is 31.5 Å². The molecule has 2 saturated heterocycles. The maximum atomic E-state index is 19.6. The average Bonchev–Trinajstić information content (AvgIpc) is 3.38. The summed E-state index contributed by atoms with van der Waals surface area (Å²) in [5.41, 5.74) is -3.54. The van der Waals surface area contributed by atoms with E-state index in [2.05, 4.69) is 21.3 Å². The summed E-state index contributed by atoms with van der Waals surface area (Å²) >= 11 is 0. The van der Waals surface area contributed by atoms with Gasteiger partial charge in [0.2, 0.25) is 0 Å². The molecule has 13 heteroatoms. The topological polar surface area (TPSA) is 140 Å². The van der Waals surface area contributed by atoms with Gasteiger partial charge in [-0.3, -0.25) is 14.4 Å². The Kier molecular flexibility index (Phi) is 15.7. The number of benzene rings is 4. The first-order chi connectivity index (χ1) is 34.6. The van der Waals surface area contributed by atoms with Gasteiger partial charge in [-0.2, -0.15) is 0 Å². The molecule has 0 bridgehead atoms. The number of hydrogen-bond acceptors (Lipinski definition) is 9. The van der Waals surface area contributed by atoms with Crippen molar-refractivity contribution in [1.82, 2.24) is 21.3 Å². The van der Waals surface area contributed by atoms with E-state index in [4.69, 9.17) is 0 Å². The van der Waals surface area contributed by atoms with Crippen LogP contribution in [0.4, 0.5) is 17.6 Å². The summed E-state index contributed by atoms with van der Waals surface area (Å²) in [6.07, 6.45) is 1.56. The molecule has 2 fully saturated rings. The number of allylic oxidation sites excluding steroid dienone is 8. The lowest BCUT2D eigenvalue weighted by Gasteiger charge is -2.55. The van der Waals surface area contributed by atoms with Crippen molar-refractivity contribution < 1.29 is 42.2 Å². The van der Waals surface area contributed by atoms with Gasteiger partial charge in [0.1, 0.15) is 34.8 Å². The molecule has 0 saturated carbocycles. The van der Waals surface area contributed by atoms with Gasteiger partial charge in [0, 0.05) is 34.1 Å². The lowest BCUT2D eigenvalue weighted by Crippen LogP contribution is -2.60. The van der Waals surface area contributed by atoms with Crippen molar-refractivity contribution in [3.63, 3.8) is 0 Å². The fourth-order valence-electron chi connectivity index (χ4n) is 12.8. The molecule has 0 amide bonds. The van der Waals surface area contributed by atoms with E-state index >= 15 is 31.9 Å². The molecule has 4 aromatic rings. The zero-order valence-corrected chi connectivity index (χ0v) is 42.0. The Morgan fingerprint density at radius 3 is 1.33 bits per heavy atom.